The van der Waals surface area contributed by atoms with Crippen LogP contribution in [0.15, 0.2) is 84.9 Å². The molecule has 0 bridgehead atoms. The molecular weight excluding hydrogens is 635 g/mol. The van der Waals surface area contributed by atoms with Gasteiger partial charge in [-0.05, 0) is 66.2 Å². The second-order valence-corrected chi connectivity index (χ2v) is 13.4. The first-order valence-electron chi connectivity index (χ1n) is 17.2. The molecule has 1 saturated heterocycles. The van der Waals surface area contributed by atoms with Gasteiger partial charge in [0.15, 0.2) is 0 Å². The highest BCUT2D eigenvalue weighted by molar-refractivity contribution is 6.43. The van der Waals surface area contributed by atoms with Crippen LogP contribution in [0, 0.1) is 5.92 Å². The number of rotatable bonds is 15. The number of nitrogens with zero attached hydrogens (tertiary/aromatic N) is 1. The zero-order valence-corrected chi connectivity index (χ0v) is 28.7. The normalized spacial score (nSPS) is 15.8. The van der Waals surface area contributed by atoms with Gasteiger partial charge in [-0.2, -0.15) is 0 Å². The van der Waals surface area contributed by atoms with Crippen LogP contribution in [0.4, 0.5) is 5.69 Å². The monoisotopic (exact) mass is 684 g/mol. The fraction of sp³-hybridized carbons (Fsp3) is 0.405. The van der Waals surface area contributed by atoms with Crippen molar-refractivity contribution in [1.29, 1.82) is 0 Å². The van der Waals surface area contributed by atoms with Crippen LogP contribution in [0.25, 0.3) is 0 Å². The molecule has 12 nitrogen and oxygen atoms in total. The standard InChI is InChI=1S/C37H49BN6O6/c1-24(2)21-31(36(47)43-33(27-13-15-29(39)16-14-27)37(48)44-19-17-28(18-20-44)38(49)50)42-35(46)32(23-26-11-7-4-8-12-26)41-34(45)30(40)22-25-9-5-3-6-10-25/h3-16,24,28,30-33,49-50H,17-23,39-40H2,1-2H3,(H,41,45)(H,42,46)(H,43,47)/t30-,31?,32-,33-/m1/s1. The summed E-state index contributed by atoms with van der Waals surface area (Å²) in [6.07, 6.45) is 1.52. The van der Waals surface area contributed by atoms with Crippen LogP contribution in [-0.4, -0.2) is 76.9 Å². The molecule has 0 radical (unpaired) electrons. The maximum Gasteiger partial charge on any atom is 0.454 e. The fourth-order valence-electron chi connectivity index (χ4n) is 6.09. The summed E-state index contributed by atoms with van der Waals surface area (Å²) in [6, 6.07) is 21.1. The van der Waals surface area contributed by atoms with Crippen LogP contribution in [0.1, 0.15) is 55.8 Å². The first-order valence-corrected chi connectivity index (χ1v) is 17.2. The second-order valence-electron chi connectivity index (χ2n) is 13.4. The van der Waals surface area contributed by atoms with Gasteiger partial charge in [0.2, 0.25) is 23.6 Å². The Kier molecular flexibility index (Phi) is 14.0. The van der Waals surface area contributed by atoms with E-state index in [-0.39, 0.29) is 36.9 Å². The zero-order chi connectivity index (χ0) is 36.2. The minimum Gasteiger partial charge on any atom is -0.427 e. The summed E-state index contributed by atoms with van der Waals surface area (Å²) in [5, 5.41) is 27.8. The van der Waals surface area contributed by atoms with E-state index in [1.54, 1.807) is 29.2 Å². The molecule has 0 aromatic heterocycles. The van der Waals surface area contributed by atoms with E-state index in [4.69, 9.17) is 11.5 Å². The number of nitrogens with one attached hydrogen (secondary N) is 3. The van der Waals surface area contributed by atoms with Crippen molar-refractivity contribution < 1.29 is 29.2 Å². The largest absolute Gasteiger partial charge is 0.454 e. The van der Waals surface area contributed by atoms with Crippen molar-refractivity contribution in [1.82, 2.24) is 20.9 Å². The van der Waals surface area contributed by atoms with Crippen molar-refractivity contribution >= 4 is 36.4 Å². The van der Waals surface area contributed by atoms with Gasteiger partial charge in [-0.3, -0.25) is 19.2 Å². The number of amides is 4. The maximum atomic E-state index is 14.0. The second kappa shape index (κ2) is 18.3. The average Bonchev–Trinajstić information content (AvgIpc) is 3.10. The minimum absolute atomic E-state index is 0.0119. The molecule has 3 aromatic carbocycles. The number of anilines is 1. The van der Waals surface area contributed by atoms with E-state index in [1.807, 2.05) is 74.5 Å². The molecule has 0 spiro atoms. The molecule has 1 fully saturated rings. The quantitative estimate of drug-likeness (QED) is 0.0927. The van der Waals surface area contributed by atoms with Gasteiger partial charge in [-0.15, -0.1) is 0 Å². The topological polar surface area (TPSA) is 200 Å². The van der Waals surface area contributed by atoms with Crippen LogP contribution >= 0.6 is 0 Å². The van der Waals surface area contributed by atoms with Crippen molar-refractivity contribution in [3.8, 4) is 0 Å². The molecule has 3 aromatic rings. The van der Waals surface area contributed by atoms with E-state index in [0.717, 1.165) is 11.1 Å². The number of hydrogen-bond donors (Lipinski definition) is 7. The summed E-state index contributed by atoms with van der Waals surface area (Å²) in [5.74, 6) is -2.33. The van der Waals surface area contributed by atoms with Crippen molar-refractivity contribution in [3.05, 3.63) is 102 Å². The zero-order valence-electron chi connectivity index (χ0n) is 28.7. The van der Waals surface area contributed by atoms with Gasteiger partial charge < -0.3 is 42.4 Å². The SMILES string of the molecule is CC(C)CC(NC(=O)[C@@H](Cc1ccccc1)NC(=O)[C@H](N)Cc1ccccc1)C(=O)N[C@@H](C(=O)N1CCC(B(O)O)CC1)c1ccc(N)cc1. The molecule has 0 saturated carbocycles. The van der Waals surface area contributed by atoms with Crippen LogP contribution < -0.4 is 27.4 Å². The van der Waals surface area contributed by atoms with Crippen molar-refractivity contribution in [3.63, 3.8) is 0 Å². The minimum atomic E-state index is -1.46. The Hall–Kier alpha value is -4.72. The number of nitrogen functional groups attached to an aromatic ring is 1. The Morgan fingerprint density at radius 3 is 1.82 bits per heavy atom. The summed E-state index contributed by atoms with van der Waals surface area (Å²) in [6.45, 7) is 4.42. The number of piperidine rings is 1. The Morgan fingerprint density at radius 2 is 1.28 bits per heavy atom. The van der Waals surface area contributed by atoms with Gasteiger partial charge in [-0.25, -0.2) is 0 Å². The molecule has 1 unspecified atom stereocenters. The first-order chi connectivity index (χ1) is 23.9. The smallest absolute Gasteiger partial charge is 0.427 e. The van der Waals surface area contributed by atoms with Gasteiger partial charge >= 0.3 is 7.12 Å². The Labute approximate surface area is 294 Å². The van der Waals surface area contributed by atoms with E-state index >= 15 is 0 Å². The highest BCUT2D eigenvalue weighted by atomic mass is 16.4. The molecule has 1 heterocycles. The summed E-state index contributed by atoms with van der Waals surface area (Å²) < 4.78 is 0. The highest BCUT2D eigenvalue weighted by Gasteiger charge is 2.36. The lowest BCUT2D eigenvalue weighted by Crippen LogP contribution is -2.57. The fourth-order valence-corrected chi connectivity index (χ4v) is 6.09. The lowest BCUT2D eigenvalue weighted by atomic mass is 9.67. The number of likely N-dealkylation sites (tertiary alicyclic amines) is 1. The van der Waals surface area contributed by atoms with Gasteiger partial charge in [-0.1, -0.05) is 86.6 Å². The number of carbonyl (C=O) groups is 4. The lowest BCUT2D eigenvalue weighted by Gasteiger charge is -2.35. The molecule has 4 rings (SSSR count). The summed E-state index contributed by atoms with van der Waals surface area (Å²) in [4.78, 5) is 56.7. The van der Waals surface area contributed by atoms with Gasteiger partial charge in [0.25, 0.3) is 0 Å². The van der Waals surface area contributed by atoms with Crippen LogP contribution in [0.2, 0.25) is 5.82 Å². The third kappa shape index (κ3) is 11.2. The van der Waals surface area contributed by atoms with E-state index in [9.17, 15) is 29.2 Å². The van der Waals surface area contributed by atoms with Crippen LogP contribution in [-0.2, 0) is 32.0 Å². The van der Waals surface area contributed by atoms with Gasteiger partial charge in [0.05, 0.1) is 6.04 Å². The van der Waals surface area contributed by atoms with E-state index in [0.29, 0.717) is 37.2 Å². The predicted molar refractivity (Wildman–Crippen MR) is 193 cm³/mol. The number of hydrogen-bond acceptors (Lipinski definition) is 8. The lowest BCUT2D eigenvalue weighted by molar-refractivity contribution is -0.138. The average molecular weight is 685 g/mol. The molecule has 4 atom stereocenters. The Morgan fingerprint density at radius 1 is 0.760 bits per heavy atom. The summed E-state index contributed by atoms with van der Waals surface area (Å²) >= 11 is 0. The molecule has 50 heavy (non-hydrogen) atoms. The van der Waals surface area contributed by atoms with Gasteiger partial charge in [0, 0.05) is 25.2 Å². The molecule has 13 heteroatoms. The summed E-state index contributed by atoms with van der Waals surface area (Å²) in [7, 11) is -1.46. The molecule has 4 amide bonds. The van der Waals surface area contributed by atoms with Crippen molar-refractivity contribution in [2.45, 2.75) is 75.9 Å². The number of benzene rings is 3. The number of carbonyl (C=O) groups excluding carboxylic acids is 4. The van der Waals surface area contributed by atoms with E-state index < -0.39 is 49.0 Å². The third-order valence-corrected chi connectivity index (χ3v) is 8.97. The third-order valence-electron chi connectivity index (χ3n) is 8.97. The molecule has 0 aliphatic carbocycles. The molecule has 9 N–H and O–H groups in total. The number of nitrogens with two attached hydrogens (primary N) is 2. The first kappa shape index (κ1) is 38.1. The predicted octanol–water partition coefficient (Wildman–Crippen LogP) is 1.72. The molecule has 1 aliphatic rings. The summed E-state index contributed by atoms with van der Waals surface area (Å²) in [5.41, 5.74) is 14.9. The van der Waals surface area contributed by atoms with Crippen molar-refractivity contribution in [2.75, 3.05) is 18.8 Å². The highest BCUT2D eigenvalue weighted by Crippen LogP contribution is 2.27. The van der Waals surface area contributed by atoms with Gasteiger partial charge in [0.1, 0.15) is 18.1 Å². The van der Waals surface area contributed by atoms with Crippen LogP contribution in [0.3, 0.4) is 0 Å². The van der Waals surface area contributed by atoms with E-state index in [2.05, 4.69) is 16.0 Å². The van der Waals surface area contributed by atoms with Crippen molar-refractivity contribution in [2.24, 2.45) is 11.7 Å². The molecule has 266 valence electrons. The van der Waals surface area contributed by atoms with E-state index in [1.165, 1.54) is 0 Å². The Bertz CT molecular complexity index is 1550. The van der Waals surface area contributed by atoms with Crippen LogP contribution in [0.5, 0.6) is 0 Å². The maximum absolute atomic E-state index is 14.0. The molecular formula is C37H49BN6O6. The molecule has 1 aliphatic heterocycles. The Balaban J connectivity index is 1.53.